The molecule has 3 aromatic heterocycles. The number of nitrogens with zero attached hydrogens (tertiary/aromatic N) is 6. The van der Waals surface area contributed by atoms with E-state index in [2.05, 4.69) is 20.4 Å². The number of pyridine rings is 1. The fourth-order valence-electron chi connectivity index (χ4n) is 3.12. The lowest BCUT2D eigenvalue weighted by molar-refractivity contribution is -0.129. The zero-order valence-corrected chi connectivity index (χ0v) is 15.8. The Labute approximate surface area is 162 Å². The molecule has 1 amide bonds. The molecule has 9 heteroatoms. The molecule has 0 radical (unpaired) electrons. The summed E-state index contributed by atoms with van der Waals surface area (Å²) in [5.74, 6) is 2.46. The van der Waals surface area contributed by atoms with Gasteiger partial charge in [-0.05, 0) is 18.6 Å². The summed E-state index contributed by atoms with van der Waals surface area (Å²) in [6.45, 7) is 5.04. The maximum Gasteiger partial charge on any atom is 0.226 e. The third kappa shape index (κ3) is 3.68. The molecule has 0 aromatic carbocycles. The van der Waals surface area contributed by atoms with E-state index in [-0.39, 0.29) is 5.91 Å². The minimum Gasteiger partial charge on any atom is -0.362 e. The van der Waals surface area contributed by atoms with E-state index in [1.165, 1.54) is 0 Å². The molecule has 1 N–H and O–H groups in total. The van der Waals surface area contributed by atoms with Gasteiger partial charge in [0.1, 0.15) is 11.5 Å². The van der Waals surface area contributed by atoms with E-state index in [9.17, 15) is 4.79 Å². The van der Waals surface area contributed by atoms with E-state index < -0.39 is 0 Å². The van der Waals surface area contributed by atoms with Gasteiger partial charge in [-0.2, -0.15) is 4.98 Å². The zero-order chi connectivity index (χ0) is 19.5. The van der Waals surface area contributed by atoms with E-state index in [1.807, 2.05) is 25.1 Å². The highest BCUT2D eigenvalue weighted by atomic mass is 16.5. The van der Waals surface area contributed by atoms with Crippen LogP contribution in [0.2, 0.25) is 0 Å². The van der Waals surface area contributed by atoms with Crippen LogP contribution in [0.3, 0.4) is 0 Å². The van der Waals surface area contributed by atoms with Crippen LogP contribution < -0.4 is 5.32 Å². The summed E-state index contributed by atoms with van der Waals surface area (Å²) in [7, 11) is 0. The fourth-order valence-corrected chi connectivity index (χ4v) is 3.12. The number of amides is 1. The SMILES string of the molecule is CCc1nc(CNc2nc(-c3ccccn3)nc3c2CCN(C(C)=O)C3)no1. The van der Waals surface area contributed by atoms with Gasteiger partial charge in [-0.3, -0.25) is 9.78 Å². The molecule has 0 spiro atoms. The van der Waals surface area contributed by atoms with Gasteiger partial charge in [0.05, 0.1) is 18.8 Å². The molecule has 4 rings (SSSR count). The van der Waals surface area contributed by atoms with Crippen molar-refractivity contribution in [2.45, 2.75) is 39.8 Å². The van der Waals surface area contributed by atoms with Gasteiger partial charge >= 0.3 is 0 Å². The second kappa shape index (κ2) is 7.71. The van der Waals surface area contributed by atoms with Crippen molar-refractivity contribution in [2.75, 3.05) is 11.9 Å². The largest absolute Gasteiger partial charge is 0.362 e. The summed E-state index contributed by atoms with van der Waals surface area (Å²) in [5.41, 5.74) is 2.53. The van der Waals surface area contributed by atoms with E-state index >= 15 is 0 Å². The Morgan fingerprint density at radius 3 is 2.89 bits per heavy atom. The van der Waals surface area contributed by atoms with Crippen molar-refractivity contribution in [2.24, 2.45) is 0 Å². The Hall–Kier alpha value is -3.36. The number of carbonyl (C=O) groups excluding carboxylic acids is 1. The Balaban J connectivity index is 1.67. The average Bonchev–Trinajstić information content (AvgIpc) is 3.20. The molecule has 0 saturated heterocycles. The molecule has 0 aliphatic carbocycles. The molecule has 144 valence electrons. The summed E-state index contributed by atoms with van der Waals surface area (Å²) in [4.78, 5) is 31.7. The van der Waals surface area contributed by atoms with Crippen molar-refractivity contribution in [1.82, 2.24) is 30.0 Å². The van der Waals surface area contributed by atoms with Crippen LogP contribution in [0.1, 0.15) is 36.8 Å². The van der Waals surface area contributed by atoms with E-state index in [0.717, 1.165) is 17.1 Å². The Morgan fingerprint density at radius 1 is 1.29 bits per heavy atom. The molecule has 28 heavy (non-hydrogen) atoms. The van der Waals surface area contributed by atoms with Gasteiger partial charge in [0.25, 0.3) is 0 Å². The topological polar surface area (TPSA) is 110 Å². The first-order chi connectivity index (χ1) is 13.6. The number of anilines is 1. The van der Waals surface area contributed by atoms with Gasteiger partial charge in [0.2, 0.25) is 11.8 Å². The lowest BCUT2D eigenvalue weighted by Crippen LogP contribution is -2.35. The standard InChI is InChI=1S/C19H21N7O2/c1-3-17-23-16(25-28-17)10-21-18-13-7-9-26(12(2)27)11-15(13)22-19(24-18)14-6-4-5-8-20-14/h4-6,8H,3,7,9-11H2,1-2H3,(H,21,22,24). The summed E-state index contributed by atoms with van der Waals surface area (Å²) in [6.07, 6.45) is 3.09. The number of rotatable bonds is 5. The minimum absolute atomic E-state index is 0.0389. The average molecular weight is 379 g/mol. The number of hydrogen-bond donors (Lipinski definition) is 1. The van der Waals surface area contributed by atoms with Crippen LogP contribution in [0.15, 0.2) is 28.9 Å². The number of carbonyl (C=O) groups is 1. The van der Waals surface area contributed by atoms with E-state index in [1.54, 1.807) is 18.0 Å². The van der Waals surface area contributed by atoms with Crippen molar-refractivity contribution >= 4 is 11.7 Å². The van der Waals surface area contributed by atoms with Gasteiger partial charge in [-0.25, -0.2) is 9.97 Å². The Kier molecular flexibility index (Phi) is 4.96. The quantitative estimate of drug-likeness (QED) is 0.717. The van der Waals surface area contributed by atoms with Crippen LogP contribution >= 0.6 is 0 Å². The highest BCUT2D eigenvalue weighted by molar-refractivity contribution is 5.74. The number of fused-ring (bicyclic) bond motifs is 1. The van der Waals surface area contributed by atoms with E-state index in [0.29, 0.717) is 55.7 Å². The molecule has 1 aliphatic rings. The third-order valence-electron chi connectivity index (χ3n) is 4.63. The van der Waals surface area contributed by atoms with E-state index in [4.69, 9.17) is 14.5 Å². The molecule has 0 fully saturated rings. The fraction of sp³-hybridized carbons (Fsp3) is 0.368. The van der Waals surface area contributed by atoms with Gasteiger partial charge in [-0.1, -0.05) is 18.1 Å². The van der Waals surface area contributed by atoms with Crippen LogP contribution in [0.25, 0.3) is 11.5 Å². The molecular weight excluding hydrogens is 358 g/mol. The molecule has 4 heterocycles. The van der Waals surface area contributed by atoms with Crippen molar-refractivity contribution in [3.05, 3.63) is 47.4 Å². The molecular formula is C19H21N7O2. The predicted octanol–water partition coefficient (Wildman–Crippen LogP) is 2.00. The highest BCUT2D eigenvalue weighted by Gasteiger charge is 2.24. The van der Waals surface area contributed by atoms with Crippen LogP contribution in [-0.4, -0.2) is 42.4 Å². The smallest absolute Gasteiger partial charge is 0.226 e. The van der Waals surface area contributed by atoms with Gasteiger partial charge in [0, 0.05) is 31.6 Å². The van der Waals surface area contributed by atoms with Gasteiger partial charge < -0.3 is 14.7 Å². The van der Waals surface area contributed by atoms with Crippen molar-refractivity contribution in [1.29, 1.82) is 0 Å². The lowest BCUT2D eigenvalue weighted by Gasteiger charge is -2.28. The van der Waals surface area contributed by atoms with Crippen LogP contribution in [0, 0.1) is 0 Å². The van der Waals surface area contributed by atoms with Gasteiger partial charge in [-0.15, -0.1) is 0 Å². The molecule has 0 saturated carbocycles. The molecule has 0 unspecified atom stereocenters. The Bertz CT molecular complexity index is 987. The number of aromatic nitrogens is 5. The molecule has 0 atom stereocenters. The van der Waals surface area contributed by atoms with Crippen molar-refractivity contribution in [3.8, 4) is 11.5 Å². The predicted molar refractivity (Wildman–Crippen MR) is 101 cm³/mol. The summed E-state index contributed by atoms with van der Waals surface area (Å²) >= 11 is 0. The van der Waals surface area contributed by atoms with Crippen molar-refractivity contribution < 1.29 is 9.32 Å². The first-order valence-corrected chi connectivity index (χ1v) is 9.26. The van der Waals surface area contributed by atoms with Crippen LogP contribution in [0.5, 0.6) is 0 Å². The molecule has 3 aromatic rings. The number of nitrogens with one attached hydrogen (secondary N) is 1. The summed E-state index contributed by atoms with van der Waals surface area (Å²) in [6, 6.07) is 5.61. The van der Waals surface area contributed by atoms with Gasteiger partial charge in [0.15, 0.2) is 11.6 Å². The van der Waals surface area contributed by atoms with Crippen molar-refractivity contribution in [3.63, 3.8) is 0 Å². The molecule has 9 nitrogen and oxygen atoms in total. The normalized spacial score (nSPS) is 13.3. The first-order valence-electron chi connectivity index (χ1n) is 9.26. The van der Waals surface area contributed by atoms with Crippen LogP contribution in [0.4, 0.5) is 5.82 Å². The maximum atomic E-state index is 11.8. The Morgan fingerprint density at radius 2 is 2.18 bits per heavy atom. The second-order valence-corrected chi connectivity index (χ2v) is 6.54. The highest BCUT2D eigenvalue weighted by Crippen LogP contribution is 2.27. The zero-order valence-electron chi connectivity index (χ0n) is 15.8. The maximum absolute atomic E-state index is 11.8. The molecule has 0 bridgehead atoms. The second-order valence-electron chi connectivity index (χ2n) is 6.54. The van der Waals surface area contributed by atoms with Crippen LogP contribution in [-0.2, 0) is 30.7 Å². The minimum atomic E-state index is 0.0389. The lowest BCUT2D eigenvalue weighted by atomic mass is 10.0. The third-order valence-corrected chi connectivity index (χ3v) is 4.63. The monoisotopic (exact) mass is 379 g/mol. The summed E-state index contributed by atoms with van der Waals surface area (Å²) < 4.78 is 5.16. The first kappa shape index (κ1) is 18.0. The number of aryl methyl sites for hydroxylation is 1. The molecule has 1 aliphatic heterocycles. The summed E-state index contributed by atoms with van der Waals surface area (Å²) in [5, 5.41) is 7.29. The number of hydrogen-bond acceptors (Lipinski definition) is 8.